The Morgan fingerprint density at radius 2 is 2.16 bits per heavy atom. The highest BCUT2D eigenvalue weighted by molar-refractivity contribution is 7.15. The summed E-state index contributed by atoms with van der Waals surface area (Å²) in [7, 11) is 0. The fourth-order valence-corrected chi connectivity index (χ4v) is 2.87. The van der Waals surface area contributed by atoms with Gasteiger partial charge >= 0.3 is 0 Å². The van der Waals surface area contributed by atoms with Gasteiger partial charge in [0.15, 0.2) is 0 Å². The van der Waals surface area contributed by atoms with Crippen molar-refractivity contribution >= 4 is 11.3 Å². The predicted molar refractivity (Wildman–Crippen MR) is 79.1 cm³/mol. The van der Waals surface area contributed by atoms with Gasteiger partial charge in [-0.1, -0.05) is 20.8 Å². The average Bonchev–Trinajstić information content (AvgIpc) is 2.83. The summed E-state index contributed by atoms with van der Waals surface area (Å²) in [5.41, 5.74) is 2.03. The number of aryl methyl sites for hydroxylation is 1. The summed E-state index contributed by atoms with van der Waals surface area (Å²) in [6, 6.07) is 0. The van der Waals surface area contributed by atoms with Gasteiger partial charge in [-0.15, -0.1) is 11.3 Å². The molecule has 0 radical (unpaired) electrons. The van der Waals surface area contributed by atoms with E-state index in [2.05, 4.69) is 41.0 Å². The Kier molecular flexibility index (Phi) is 4.99. The van der Waals surface area contributed by atoms with Crippen molar-refractivity contribution < 1.29 is 0 Å². The summed E-state index contributed by atoms with van der Waals surface area (Å²) in [6.45, 7) is 8.49. The van der Waals surface area contributed by atoms with Crippen molar-refractivity contribution in [3.05, 3.63) is 29.2 Å². The fraction of sp³-hybridized carbons (Fsp3) is 0.500. The first-order valence-electron chi connectivity index (χ1n) is 6.66. The molecule has 102 valence electrons. The second kappa shape index (κ2) is 6.73. The molecule has 1 N–H and O–H groups in total. The third-order valence-corrected chi connectivity index (χ3v) is 3.85. The normalized spacial score (nSPS) is 11.2. The minimum absolute atomic E-state index is 0.664. The first kappa shape index (κ1) is 14.1. The van der Waals surface area contributed by atoms with Crippen molar-refractivity contribution in [2.24, 2.45) is 5.92 Å². The maximum Gasteiger partial charge on any atom is 0.144 e. The van der Waals surface area contributed by atoms with Crippen LogP contribution in [0.3, 0.4) is 0 Å². The molecule has 19 heavy (non-hydrogen) atoms. The Hall–Kier alpha value is -1.33. The third-order valence-electron chi connectivity index (χ3n) is 2.73. The number of nitrogens with one attached hydrogen (secondary N) is 1. The van der Waals surface area contributed by atoms with E-state index >= 15 is 0 Å². The fourth-order valence-electron chi connectivity index (χ4n) is 1.79. The van der Waals surface area contributed by atoms with Gasteiger partial charge in [-0.2, -0.15) is 0 Å². The van der Waals surface area contributed by atoms with Crippen LogP contribution in [0.25, 0.3) is 10.7 Å². The lowest BCUT2D eigenvalue weighted by Gasteiger charge is -2.06. The van der Waals surface area contributed by atoms with Gasteiger partial charge in [0.05, 0.1) is 11.9 Å². The van der Waals surface area contributed by atoms with Gasteiger partial charge < -0.3 is 5.32 Å². The van der Waals surface area contributed by atoms with E-state index in [1.165, 1.54) is 10.6 Å². The Balaban J connectivity index is 2.13. The molecule has 0 spiro atoms. The van der Waals surface area contributed by atoms with E-state index in [0.29, 0.717) is 5.92 Å². The van der Waals surface area contributed by atoms with Crippen LogP contribution in [-0.4, -0.2) is 21.5 Å². The lowest BCUT2D eigenvalue weighted by atomic mass is 10.2. The molecule has 0 aliphatic rings. The largest absolute Gasteiger partial charge is 0.312 e. The highest BCUT2D eigenvalue weighted by Gasteiger charge is 2.12. The summed E-state index contributed by atoms with van der Waals surface area (Å²) in [5, 5.41) is 4.44. The van der Waals surface area contributed by atoms with Gasteiger partial charge in [0, 0.05) is 23.8 Å². The second-order valence-electron chi connectivity index (χ2n) is 4.86. The van der Waals surface area contributed by atoms with Crippen LogP contribution in [0.5, 0.6) is 0 Å². The van der Waals surface area contributed by atoms with Crippen molar-refractivity contribution in [1.82, 2.24) is 20.3 Å². The highest BCUT2D eigenvalue weighted by Crippen LogP contribution is 2.26. The van der Waals surface area contributed by atoms with E-state index in [9.17, 15) is 0 Å². The van der Waals surface area contributed by atoms with Crippen LogP contribution in [-0.2, 0) is 13.0 Å². The van der Waals surface area contributed by atoms with E-state index < -0.39 is 0 Å². The number of hydrogen-bond acceptors (Lipinski definition) is 5. The minimum atomic E-state index is 0.664. The molecule has 5 heteroatoms. The second-order valence-corrected chi connectivity index (χ2v) is 5.94. The van der Waals surface area contributed by atoms with Gasteiger partial charge in [-0.25, -0.2) is 4.98 Å². The van der Waals surface area contributed by atoms with Crippen molar-refractivity contribution in [1.29, 1.82) is 0 Å². The molecule has 0 bridgehead atoms. The van der Waals surface area contributed by atoms with Crippen LogP contribution in [0.15, 0.2) is 18.6 Å². The molecule has 2 rings (SSSR count). The quantitative estimate of drug-likeness (QED) is 0.881. The molecule has 0 unspecified atom stereocenters. The number of rotatable bonds is 6. The van der Waals surface area contributed by atoms with Crippen LogP contribution in [0.1, 0.15) is 31.3 Å². The van der Waals surface area contributed by atoms with Gasteiger partial charge in [0.25, 0.3) is 0 Å². The average molecular weight is 276 g/mol. The monoisotopic (exact) mass is 276 g/mol. The third kappa shape index (κ3) is 3.81. The Labute approximate surface area is 118 Å². The van der Waals surface area contributed by atoms with Crippen molar-refractivity contribution in [2.45, 2.75) is 33.7 Å². The Bertz CT molecular complexity index is 507. The lowest BCUT2D eigenvalue weighted by molar-refractivity contribution is 0.553. The van der Waals surface area contributed by atoms with Crippen LogP contribution >= 0.6 is 11.3 Å². The number of nitrogens with zero attached hydrogens (tertiary/aromatic N) is 3. The lowest BCUT2D eigenvalue weighted by Crippen LogP contribution is -2.18. The molecule has 0 aromatic carbocycles. The van der Waals surface area contributed by atoms with E-state index in [0.717, 1.165) is 30.2 Å². The van der Waals surface area contributed by atoms with Crippen molar-refractivity contribution in [3.63, 3.8) is 0 Å². The minimum Gasteiger partial charge on any atom is -0.312 e. The first-order chi connectivity index (χ1) is 9.20. The topological polar surface area (TPSA) is 50.7 Å². The van der Waals surface area contributed by atoms with Gasteiger partial charge in [-0.05, 0) is 18.9 Å². The standard InChI is InChI=1S/C14H20N4S/c1-4-11-13(9-16-7-10(2)3)19-14(18-11)12-8-15-5-6-17-12/h5-6,8,10,16H,4,7,9H2,1-3H3. The van der Waals surface area contributed by atoms with Crippen molar-refractivity contribution in [3.8, 4) is 10.7 Å². The molecule has 0 amide bonds. The molecule has 0 saturated carbocycles. The summed E-state index contributed by atoms with van der Waals surface area (Å²) >= 11 is 1.71. The molecule has 2 heterocycles. The van der Waals surface area contributed by atoms with Crippen LogP contribution in [0.2, 0.25) is 0 Å². The molecule has 0 aliphatic carbocycles. The van der Waals surface area contributed by atoms with Crippen LogP contribution in [0.4, 0.5) is 0 Å². The molecule has 0 saturated heterocycles. The molecule has 2 aromatic rings. The van der Waals surface area contributed by atoms with E-state index in [4.69, 9.17) is 0 Å². The number of aromatic nitrogens is 3. The molecule has 0 aliphatic heterocycles. The Morgan fingerprint density at radius 3 is 2.79 bits per heavy atom. The maximum atomic E-state index is 4.67. The van der Waals surface area contributed by atoms with E-state index in [-0.39, 0.29) is 0 Å². The predicted octanol–water partition coefficient (Wildman–Crippen LogP) is 2.91. The van der Waals surface area contributed by atoms with Crippen LogP contribution in [0, 0.1) is 5.92 Å². The van der Waals surface area contributed by atoms with E-state index in [1.807, 2.05) is 0 Å². The van der Waals surface area contributed by atoms with E-state index in [1.54, 1.807) is 29.9 Å². The smallest absolute Gasteiger partial charge is 0.144 e. The zero-order chi connectivity index (χ0) is 13.7. The molecule has 0 fully saturated rings. The van der Waals surface area contributed by atoms with Crippen molar-refractivity contribution in [2.75, 3.05) is 6.54 Å². The summed E-state index contributed by atoms with van der Waals surface area (Å²) in [5.74, 6) is 0.664. The molecule has 0 atom stereocenters. The summed E-state index contributed by atoms with van der Waals surface area (Å²) in [6.07, 6.45) is 6.11. The molecular weight excluding hydrogens is 256 g/mol. The molecule has 4 nitrogen and oxygen atoms in total. The summed E-state index contributed by atoms with van der Waals surface area (Å²) < 4.78 is 0. The maximum absolute atomic E-state index is 4.67. The van der Waals surface area contributed by atoms with Gasteiger partial charge in [0.1, 0.15) is 10.7 Å². The Morgan fingerprint density at radius 1 is 1.32 bits per heavy atom. The zero-order valence-electron chi connectivity index (χ0n) is 11.7. The van der Waals surface area contributed by atoms with Gasteiger partial charge in [-0.3, -0.25) is 9.97 Å². The number of thiazole rings is 1. The van der Waals surface area contributed by atoms with Crippen LogP contribution < -0.4 is 5.32 Å². The van der Waals surface area contributed by atoms with Gasteiger partial charge in [0.2, 0.25) is 0 Å². The first-order valence-corrected chi connectivity index (χ1v) is 7.48. The SMILES string of the molecule is CCc1nc(-c2cnccn2)sc1CNCC(C)C. The highest BCUT2D eigenvalue weighted by atomic mass is 32.1. The molecular formula is C14H20N4S. The zero-order valence-corrected chi connectivity index (χ0v) is 12.5. The summed E-state index contributed by atoms with van der Waals surface area (Å²) in [4.78, 5) is 14.4. The molecule has 2 aromatic heterocycles. The number of hydrogen-bond donors (Lipinski definition) is 1.